The lowest BCUT2D eigenvalue weighted by atomic mass is 9.91. The third-order valence-corrected chi connectivity index (χ3v) is 15.5. The van der Waals surface area contributed by atoms with Gasteiger partial charge in [-0.1, -0.05) is 250 Å². The van der Waals surface area contributed by atoms with Crippen molar-refractivity contribution in [1.29, 1.82) is 0 Å². The molecule has 4 N–H and O–H groups in total. The number of benzene rings is 10. The summed E-state index contributed by atoms with van der Waals surface area (Å²) in [5, 5.41) is 0. The molecule has 11 aromatic rings. The lowest BCUT2D eigenvalue weighted by molar-refractivity contribution is 0.812. The van der Waals surface area contributed by atoms with Gasteiger partial charge in [-0.25, -0.2) is 15.0 Å². The largest absolute Gasteiger partial charge is 0.398 e. The zero-order valence-corrected chi connectivity index (χ0v) is 46.4. The summed E-state index contributed by atoms with van der Waals surface area (Å²) in [4.78, 5) is 20.9. The second kappa shape index (κ2) is 22.3. The van der Waals surface area contributed by atoms with Crippen molar-refractivity contribution in [3.63, 3.8) is 0 Å². The van der Waals surface area contributed by atoms with E-state index in [1.807, 2.05) is 146 Å². The monoisotopic (exact) mass is 1080 g/mol. The highest BCUT2D eigenvalue weighted by molar-refractivity contribution is 6.17. The SMILES string of the molecule is C=C1c2ccccc2N=C(c2ccccc2)N1/C(=C(\N)c1cc(/C(C)=C(\c2ccccc2)N2C(=C)c3ccccc3N=C2c2ccccc2)cc(-c2nc(-c3ccccc3N)n(C(=C)c3ccccc3)c2-c2ccccc2)c1)c1ccccc1. The molecular formula is C76H58N8. The Bertz CT molecular complexity index is 4290. The maximum Gasteiger partial charge on any atom is 0.147 e. The van der Waals surface area contributed by atoms with Crippen LogP contribution in [0.5, 0.6) is 0 Å². The lowest BCUT2D eigenvalue weighted by Gasteiger charge is -2.36. The highest BCUT2D eigenvalue weighted by Crippen LogP contribution is 2.47. The molecule has 0 amide bonds. The van der Waals surface area contributed by atoms with Crippen molar-refractivity contribution >= 4 is 68.5 Å². The fourth-order valence-electron chi connectivity index (χ4n) is 11.4. The number of hydrogen-bond acceptors (Lipinski definition) is 7. The second-order valence-corrected chi connectivity index (χ2v) is 20.7. The maximum atomic E-state index is 8.09. The van der Waals surface area contributed by atoms with Crippen LogP contribution in [0.3, 0.4) is 0 Å². The predicted octanol–water partition coefficient (Wildman–Crippen LogP) is 17.8. The number of para-hydroxylation sites is 3. The van der Waals surface area contributed by atoms with E-state index in [2.05, 4.69) is 149 Å². The topological polar surface area (TPSA) is 101 Å². The van der Waals surface area contributed by atoms with Crippen molar-refractivity contribution in [3.05, 3.63) is 343 Å². The summed E-state index contributed by atoms with van der Waals surface area (Å²) >= 11 is 0. The van der Waals surface area contributed by atoms with Crippen molar-refractivity contribution in [3.8, 4) is 33.9 Å². The third kappa shape index (κ3) is 9.53. The number of nitrogen functional groups attached to an aromatic ring is 1. The summed E-state index contributed by atoms with van der Waals surface area (Å²) in [5.74, 6) is 2.06. The highest BCUT2D eigenvalue weighted by Gasteiger charge is 2.34. The molecule has 0 saturated carbocycles. The molecule has 402 valence electrons. The molecule has 0 saturated heterocycles. The van der Waals surface area contributed by atoms with Crippen LogP contribution in [-0.4, -0.2) is 31.0 Å². The molecule has 0 atom stereocenters. The Morgan fingerprint density at radius 2 is 0.810 bits per heavy atom. The molecule has 8 nitrogen and oxygen atoms in total. The number of hydrogen-bond donors (Lipinski definition) is 2. The Labute approximate surface area is 490 Å². The standard InChI is InChI=1S/C76H58N8/c1-50(71(55-31-13-6-14-32-55)83-52(3)63-41-24-27-45-67(63)79-74(83)58-37-19-9-20-38-58)60-47-61(69(78)72(56-33-15-7-16-34-56)84-53(4)64-42-25-28-46-68(64)80-75(84)59-39-21-10-22-40-59)49-62(48-60)70-73(57-35-17-8-18-36-57)82(51(2)54-29-11-5-12-30-54)76(81-70)65-43-23-26-44-66(65)77/h5-49H,2-4,77-78H2,1H3/b71-50+,72-69-. The van der Waals surface area contributed by atoms with Crippen LogP contribution in [0.4, 0.5) is 17.1 Å². The molecule has 2 aliphatic rings. The van der Waals surface area contributed by atoms with Gasteiger partial charge in [-0.15, -0.1) is 0 Å². The normalized spacial score (nSPS) is 13.5. The van der Waals surface area contributed by atoms with Crippen LogP contribution in [0, 0.1) is 0 Å². The van der Waals surface area contributed by atoms with Gasteiger partial charge >= 0.3 is 0 Å². The minimum Gasteiger partial charge on any atom is -0.398 e. The van der Waals surface area contributed by atoms with Crippen molar-refractivity contribution < 1.29 is 0 Å². The molecule has 0 unspecified atom stereocenters. The molecule has 0 spiro atoms. The predicted molar refractivity (Wildman–Crippen MR) is 350 cm³/mol. The van der Waals surface area contributed by atoms with Gasteiger partial charge in [0.1, 0.15) is 17.5 Å². The van der Waals surface area contributed by atoms with Crippen LogP contribution in [0.15, 0.2) is 303 Å². The number of nitrogens with zero attached hydrogens (tertiary/aromatic N) is 6. The number of imidazole rings is 1. The van der Waals surface area contributed by atoms with Crippen LogP contribution in [0.1, 0.15) is 57.0 Å². The summed E-state index contributed by atoms with van der Waals surface area (Å²) in [6.45, 7) is 16.7. The van der Waals surface area contributed by atoms with Crippen molar-refractivity contribution in [1.82, 2.24) is 19.4 Å². The average molecular weight is 1080 g/mol. The summed E-state index contributed by atoms with van der Waals surface area (Å²) < 4.78 is 2.15. The highest BCUT2D eigenvalue weighted by atomic mass is 15.2. The number of fused-ring (bicyclic) bond motifs is 2. The molecule has 0 bridgehead atoms. The van der Waals surface area contributed by atoms with E-state index < -0.39 is 0 Å². The van der Waals surface area contributed by atoms with Crippen LogP contribution in [-0.2, 0) is 0 Å². The fraction of sp³-hybridized carbons (Fsp3) is 0.0132. The quantitative estimate of drug-likeness (QED) is 0.0885. The second-order valence-electron chi connectivity index (χ2n) is 20.7. The minimum atomic E-state index is 0.479. The van der Waals surface area contributed by atoms with Gasteiger partial charge in [0.25, 0.3) is 0 Å². The first-order valence-corrected chi connectivity index (χ1v) is 27.9. The molecular weight excluding hydrogens is 1020 g/mol. The van der Waals surface area contributed by atoms with Crippen molar-refractivity contribution in [2.45, 2.75) is 6.92 Å². The van der Waals surface area contributed by atoms with E-state index in [-0.39, 0.29) is 0 Å². The van der Waals surface area contributed by atoms with Crippen LogP contribution in [0.2, 0.25) is 0 Å². The fourth-order valence-corrected chi connectivity index (χ4v) is 11.4. The Morgan fingerprint density at radius 1 is 0.405 bits per heavy atom. The first-order valence-electron chi connectivity index (χ1n) is 27.9. The van der Waals surface area contributed by atoms with Gasteiger partial charge in [-0.2, -0.15) is 0 Å². The van der Waals surface area contributed by atoms with Crippen LogP contribution in [0.25, 0.3) is 73.7 Å². The van der Waals surface area contributed by atoms with Gasteiger partial charge in [0, 0.05) is 72.8 Å². The van der Waals surface area contributed by atoms with Gasteiger partial charge in [-0.3, -0.25) is 14.4 Å². The van der Waals surface area contributed by atoms with E-state index >= 15 is 0 Å². The molecule has 1 aromatic heterocycles. The molecule has 8 heteroatoms. The van der Waals surface area contributed by atoms with Gasteiger partial charge in [0.15, 0.2) is 0 Å². The number of aromatic nitrogens is 2. The molecule has 13 rings (SSSR count). The Morgan fingerprint density at radius 3 is 1.32 bits per heavy atom. The number of nitrogens with two attached hydrogens (primary N) is 2. The third-order valence-electron chi connectivity index (χ3n) is 15.5. The van der Waals surface area contributed by atoms with E-state index in [1.165, 1.54) is 0 Å². The molecule has 0 radical (unpaired) electrons. The van der Waals surface area contributed by atoms with Gasteiger partial charge in [0.2, 0.25) is 0 Å². The average Bonchev–Trinajstić information content (AvgIpc) is 3.15. The number of amidine groups is 2. The number of rotatable bonds is 13. The zero-order chi connectivity index (χ0) is 57.3. The number of aliphatic imine (C=N–C) groups is 2. The molecule has 3 heterocycles. The van der Waals surface area contributed by atoms with E-state index in [0.29, 0.717) is 34.4 Å². The van der Waals surface area contributed by atoms with E-state index in [0.717, 1.165) is 118 Å². The maximum absolute atomic E-state index is 8.09. The summed E-state index contributed by atoms with van der Waals surface area (Å²) in [5.41, 5.74) is 34.5. The Hall–Kier alpha value is -11.4. The zero-order valence-electron chi connectivity index (χ0n) is 46.4. The summed E-state index contributed by atoms with van der Waals surface area (Å²) in [6.07, 6.45) is 0. The smallest absolute Gasteiger partial charge is 0.147 e. The molecule has 0 aliphatic carbocycles. The first kappa shape index (κ1) is 52.0. The number of anilines is 1. The molecule has 0 fully saturated rings. The van der Waals surface area contributed by atoms with Crippen LogP contribution >= 0.6 is 0 Å². The minimum absolute atomic E-state index is 0.479. The van der Waals surface area contributed by atoms with Crippen LogP contribution < -0.4 is 11.5 Å². The number of allylic oxidation sites excluding steroid dienone is 1. The van der Waals surface area contributed by atoms with E-state index in [1.54, 1.807) is 0 Å². The van der Waals surface area contributed by atoms with Gasteiger partial charge in [0.05, 0.1) is 39.9 Å². The Balaban J connectivity index is 1.16. The Kier molecular flexibility index (Phi) is 13.8. The van der Waals surface area contributed by atoms with E-state index in [4.69, 9.17) is 46.2 Å². The summed E-state index contributed by atoms with van der Waals surface area (Å²) in [7, 11) is 0. The molecule has 2 aliphatic heterocycles. The van der Waals surface area contributed by atoms with E-state index in [9.17, 15) is 0 Å². The van der Waals surface area contributed by atoms with Gasteiger partial charge in [-0.05, 0) is 71.7 Å². The lowest BCUT2D eigenvalue weighted by Crippen LogP contribution is -2.32. The molecule has 10 aromatic carbocycles. The molecule has 84 heavy (non-hydrogen) atoms. The summed E-state index contributed by atoms with van der Waals surface area (Å²) in [6, 6.07) is 92.6. The van der Waals surface area contributed by atoms with Gasteiger partial charge < -0.3 is 11.5 Å². The van der Waals surface area contributed by atoms with Crippen molar-refractivity contribution in [2.24, 2.45) is 15.7 Å². The van der Waals surface area contributed by atoms with Crippen molar-refractivity contribution in [2.75, 3.05) is 5.73 Å². The first-order chi connectivity index (χ1) is 41.2.